The van der Waals surface area contributed by atoms with E-state index in [9.17, 15) is 14.4 Å². The number of aromatic nitrogens is 2. The molecule has 0 unspecified atom stereocenters. The van der Waals surface area contributed by atoms with Crippen LogP contribution in [0, 0.1) is 6.92 Å². The largest absolute Gasteiger partial charge is 0.444 e. The summed E-state index contributed by atoms with van der Waals surface area (Å²) in [4.78, 5) is 49.7. The van der Waals surface area contributed by atoms with E-state index in [1.807, 2.05) is 42.5 Å². The first-order valence-corrected chi connectivity index (χ1v) is 13.0. The molecule has 10 nitrogen and oxygen atoms in total. The Bertz CT molecular complexity index is 1630. The zero-order valence-corrected chi connectivity index (χ0v) is 22.9. The summed E-state index contributed by atoms with van der Waals surface area (Å²) in [7, 11) is 0. The number of hydrogen-bond acceptors (Lipinski definition) is 8. The summed E-state index contributed by atoms with van der Waals surface area (Å²) in [6.45, 7) is 7.63. The predicted molar refractivity (Wildman–Crippen MR) is 151 cm³/mol. The second kappa shape index (κ2) is 10.8. The van der Waals surface area contributed by atoms with Crippen LogP contribution in [0.1, 0.15) is 43.2 Å². The van der Waals surface area contributed by atoms with Crippen LogP contribution in [-0.2, 0) is 29.0 Å². The van der Waals surface area contributed by atoms with E-state index in [0.29, 0.717) is 29.7 Å². The van der Waals surface area contributed by atoms with Gasteiger partial charge in [0.2, 0.25) is 5.91 Å². The number of pyridine rings is 1. The van der Waals surface area contributed by atoms with Crippen molar-refractivity contribution in [2.24, 2.45) is 0 Å². The van der Waals surface area contributed by atoms with Gasteiger partial charge in [0.15, 0.2) is 0 Å². The van der Waals surface area contributed by atoms with Crippen LogP contribution in [-0.4, -0.2) is 33.6 Å². The molecule has 1 atom stereocenters. The van der Waals surface area contributed by atoms with Gasteiger partial charge >= 0.3 is 17.7 Å². The first-order valence-electron chi connectivity index (χ1n) is 13.0. The molecule has 1 aliphatic rings. The molecule has 5 rings (SSSR count). The van der Waals surface area contributed by atoms with Crippen molar-refractivity contribution >= 4 is 34.6 Å². The first kappa shape index (κ1) is 26.9. The summed E-state index contributed by atoms with van der Waals surface area (Å²) in [5.74, 6) is -0.224. The van der Waals surface area contributed by atoms with E-state index in [0.717, 1.165) is 16.8 Å². The number of fused-ring (bicyclic) bond motifs is 2. The Labute approximate surface area is 231 Å². The van der Waals surface area contributed by atoms with Crippen molar-refractivity contribution in [1.82, 2.24) is 15.3 Å². The molecule has 4 aromatic rings. The Morgan fingerprint density at radius 1 is 1.07 bits per heavy atom. The highest BCUT2D eigenvalue weighted by molar-refractivity contribution is 5.93. The smallest absolute Gasteiger partial charge is 0.412 e. The van der Waals surface area contributed by atoms with Gasteiger partial charge in [-0.1, -0.05) is 30.3 Å². The Hall–Kier alpha value is -4.73. The molecule has 2 amide bonds. The molecule has 2 N–H and O–H groups in total. The van der Waals surface area contributed by atoms with Gasteiger partial charge in [-0.3, -0.25) is 15.1 Å². The lowest BCUT2D eigenvalue weighted by molar-refractivity contribution is -0.122. The quantitative estimate of drug-likeness (QED) is 0.379. The number of carbonyl (C=O) groups excluding carboxylic acids is 2. The molecule has 0 spiro atoms. The molecular formula is C30H31N5O5. The summed E-state index contributed by atoms with van der Waals surface area (Å²) in [5.41, 5.74) is 2.84. The average Bonchev–Trinajstić information content (AvgIpc) is 2.92. The van der Waals surface area contributed by atoms with Crippen LogP contribution < -0.4 is 21.2 Å². The zero-order valence-electron chi connectivity index (χ0n) is 22.9. The van der Waals surface area contributed by atoms with Gasteiger partial charge in [-0.25, -0.2) is 9.59 Å². The normalized spacial score (nSPS) is 14.9. The van der Waals surface area contributed by atoms with Gasteiger partial charge in [0, 0.05) is 24.8 Å². The topological polar surface area (TPSA) is 127 Å². The van der Waals surface area contributed by atoms with Crippen molar-refractivity contribution in [3.05, 3.63) is 93.6 Å². The van der Waals surface area contributed by atoms with E-state index >= 15 is 0 Å². The van der Waals surface area contributed by atoms with Crippen LogP contribution in [0.25, 0.3) is 10.9 Å². The fourth-order valence-corrected chi connectivity index (χ4v) is 4.74. The van der Waals surface area contributed by atoms with Gasteiger partial charge in [-0.05, 0) is 68.7 Å². The molecule has 10 heteroatoms. The number of anilines is 2. The van der Waals surface area contributed by atoms with E-state index in [-0.39, 0.29) is 23.9 Å². The molecule has 206 valence electrons. The molecule has 0 radical (unpaired) electrons. The predicted octanol–water partition coefficient (Wildman–Crippen LogP) is 4.49. The average molecular weight is 542 g/mol. The van der Waals surface area contributed by atoms with E-state index < -0.39 is 23.4 Å². The standard InChI is InChI=1S/C30H31N5O5/c1-18-22(34-29(38)40-30(2,3)4)12-13-23-25(18)27(37)39-28(33-23)35-17-20-10-6-5-9-19(20)15-24(35)26(36)32-16-21-11-7-8-14-31-21/h5-14,24H,15-17H2,1-4H3,(H,32,36)(H,34,38)/t24-/m0/s1. The van der Waals surface area contributed by atoms with Crippen molar-refractivity contribution in [3.8, 4) is 0 Å². The Morgan fingerprint density at radius 3 is 2.55 bits per heavy atom. The minimum absolute atomic E-state index is 0.0530. The zero-order chi connectivity index (χ0) is 28.4. The molecule has 0 aliphatic carbocycles. The lowest BCUT2D eigenvalue weighted by atomic mass is 9.93. The number of hydrogen-bond donors (Lipinski definition) is 2. The third-order valence-corrected chi connectivity index (χ3v) is 6.65. The number of rotatable bonds is 5. The lowest BCUT2D eigenvalue weighted by Gasteiger charge is -2.35. The van der Waals surface area contributed by atoms with E-state index in [4.69, 9.17) is 9.15 Å². The second-order valence-electron chi connectivity index (χ2n) is 10.7. The molecule has 0 saturated heterocycles. The fourth-order valence-electron chi connectivity index (χ4n) is 4.74. The van der Waals surface area contributed by atoms with Crippen LogP contribution >= 0.6 is 0 Å². The summed E-state index contributed by atoms with van der Waals surface area (Å²) in [6.07, 6.45) is 1.47. The van der Waals surface area contributed by atoms with Gasteiger partial charge < -0.3 is 19.4 Å². The number of amides is 2. The molecule has 2 aromatic carbocycles. The first-order chi connectivity index (χ1) is 19.1. The molecule has 0 fully saturated rings. The maximum atomic E-state index is 13.4. The lowest BCUT2D eigenvalue weighted by Crippen LogP contribution is -2.50. The van der Waals surface area contributed by atoms with E-state index in [1.165, 1.54) is 0 Å². The molecule has 0 saturated carbocycles. The summed E-state index contributed by atoms with van der Waals surface area (Å²) >= 11 is 0. The molecule has 3 heterocycles. The molecule has 0 bridgehead atoms. The maximum Gasteiger partial charge on any atom is 0.412 e. The number of aryl methyl sites for hydroxylation is 1. The van der Waals surface area contributed by atoms with E-state index in [2.05, 4.69) is 20.6 Å². The summed E-state index contributed by atoms with van der Waals surface area (Å²) in [6, 6.07) is 16.1. The number of nitrogens with one attached hydrogen (secondary N) is 2. The van der Waals surface area contributed by atoms with Crippen molar-refractivity contribution in [2.45, 2.75) is 58.8 Å². The molecule has 2 aromatic heterocycles. The van der Waals surface area contributed by atoms with Gasteiger partial charge in [-0.2, -0.15) is 4.98 Å². The van der Waals surface area contributed by atoms with Gasteiger partial charge in [0.1, 0.15) is 11.6 Å². The highest BCUT2D eigenvalue weighted by Gasteiger charge is 2.34. The second-order valence-corrected chi connectivity index (χ2v) is 10.7. The number of benzene rings is 2. The van der Waals surface area contributed by atoms with Crippen LogP contribution in [0.2, 0.25) is 0 Å². The number of ether oxygens (including phenoxy) is 1. The summed E-state index contributed by atoms with van der Waals surface area (Å²) in [5, 5.41) is 5.89. The minimum Gasteiger partial charge on any atom is -0.444 e. The van der Waals surface area contributed by atoms with Crippen LogP contribution in [0.15, 0.2) is 70.0 Å². The van der Waals surface area contributed by atoms with Gasteiger partial charge in [0.05, 0.1) is 23.1 Å². The highest BCUT2D eigenvalue weighted by atomic mass is 16.6. The monoisotopic (exact) mass is 541 g/mol. The Morgan fingerprint density at radius 2 is 1.82 bits per heavy atom. The van der Waals surface area contributed by atoms with Gasteiger partial charge in [0.25, 0.3) is 0 Å². The van der Waals surface area contributed by atoms with Crippen molar-refractivity contribution in [1.29, 1.82) is 0 Å². The molecule has 1 aliphatic heterocycles. The minimum atomic E-state index is -0.669. The van der Waals surface area contributed by atoms with Crippen molar-refractivity contribution in [3.63, 3.8) is 0 Å². The third kappa shape index (κ3) is 5.80. The maximum absolute atomic E-state index is 13.4. The van der Waals surface area contributed by atoms with Crippen LogP contribution in [0.5, 0.6) is 0 Å². The van der Waals surface area contributed by atoms with Crippen molar-refractivity contribution in [2.75, 3.05) is 10.2 Å². The van der Waals surface area contributed by atoms with Gasteiger partial charge in [-0.15, -0.1) is 0 Å². The summed E-state index contributed by atoms with van der Waals surface area (Å²) < 4.78 is 11.1. The number of nitrogens with zero attached hydrogens (tertiary/aromatic N) is 3. The highest BCUT2D eigenvalue weighted by Crippen LogP contribution is 2.30. The van der Waals surface area contributed by atoms with Crippen LogP contribution in [0.4, 0.5) is 16.5 Å². The van der Waals surface area contributed by atoms with Crippen molar-refractivity contribution < 1.29 is 18.7 Å². The number of carbonyl (C=O) groups is 2. The SMILES string of the molecule is Cc1c(NC(=O)OC(C)(C)C)ccc2nc(N3Cc4ccccc4C[C@H]3C(=O)NCc3ccccn3)oc(=O)c12. The Kier molecular flexibility index (Phi) is 7.25. The molecular weight excluding hydrogens is 510 g/mol. The third-order valence-electron chi connectivity index (χ3n) is 6.65. The van der Waals surface area contributed by atoms with E-state index in [1.54, 1.807) is 50.9 Å². The fraction of sp³-hybridized carbons (Fsp3) is 0.300. The Balaban J connectivity index is 1.47. The van der Waals surface area contributed by atoms with Crippen LogP contribution in [0.3, 0.4) is 0 Å². The molecule has 40 heavy (non-hydrogen) atoms.